The number of benzene rings is 1. The fourth-order valence-electron chi connectivity index (χ4n) is 1.00. The van der Waals surface area contributed by atoms with Crippen LogP contribution in [-0.2, 0) is 9.53 Å². The quantitative estimate of drug-likeness (QED) is 0.344. The Labute approximate surface area is 124 Å². The first kappa shape index (κ1) is 15.5. The molecule has 1 aromatic rings. The Morgan fingerprint density at radius 1 is 1.28 bits per heavy atom. The van der Waals surface area contributed by atoms with Gasteiger partial charge in [-0.25, -0.2) is 4.79 Å². The summed E-state index contributed by atoms with van der Waals surface area (Å²) in [5, 5.41) is 8.18. The Balaban J connectivity index is 3.09. The third-order valence-electron chi connectivity index (χ3n) is 1.88. The lowest BCUT2D eigenvalue weighted by Gasteiger charge is -2.12. The minimum absolute atomic E-state index is 0.179. The molecule has 0 aliphatic carbocycles. The zero-order valence-electron chi connectivity index (χ0n) is 9.38. The molecule has 0 saturated heterocycles. The van der Waals surface area contributed by atoms with Crippen LogP contribution in [-0.4, -0.2) is 18.1 Å². The summed E-state index contributed by atoms with van der Waals surface area (Å²) >= 11 is 23.4. The standard InChI is InChI=1S/C10H8Cl4N2O2/c1-10(14,9(17)18-2)16-15-8-6(12)3-5(11)4-7(8)13/h3-4H,1-2H3/b16-15+. The minimum atomic E-state index is -1.64. The van der Waals surface area contributed by atoms with Gasteiger partial charge in [-0.3, -0.25) is 0 Å². The Bertz CT molecular complexity index is 480. The average molecular weight is 330 g/mol. The maximum Gasteiger partial charge on any atom is 0.350 e. The molecule has 0 bridgehead atoms. The topological polar surface area (TPSA) is 51.0 Å². The smallest absolute Gasteiger partial charge is 0.350 e. The van der Waals surface area contributed by atoms with E-state index in [9.17, 15) is 4.79 Å². The fourth-order valence-corrected chi connectivity index (χ4v) is 2.01. The molecule has 1 rings (SSSR count). The van der Waals surface area contributed by atoms with Crippen LogP contribution in [0.3, 0.4) is 0 Å². The van der Waals surface area contributed by atoms with Crippen molar-refractivity contribution in [1.82, 2.24) is 0 Å². The Hall–Kier alpha value is -0.550. The van der Waals surface area contributed by atoms with Gasteiger partial charge in [0.1, 0.15) is 5.69 Å². The number of alkyl halides is 1. The molecule has 0 fully saturated rings. The van der Waals surface area contributed by atoms with Crippen molar-refractivity contribution >= 4 is 58.1 Å². The van der Waals surface area contributed by atoms with Gasteiger partial charge in [-0.15, -0.1) is 0 Å². The number of hydrogen-bond donors (Lipinski definition) is 0. The molecule has 0 heterocycles. The first-order valence-corrected chi connectivity index (χ1v) is 6.14. The lowest BCUT2D eigenvalue weighted by atomic mass is 10.3. The minimum Gasteiger partial charge on any atom is -0.466 e. The van der Waals surface area contributed by atoms with Crippen molar-refractivity contribution in [2.24, 2.45) is 10.2 Å². The van der Waals surface area contributed by atoms with Gasteiger partial charge in [-0.1, -0.05) is 46.4 Å². The number of methoxy groups -OCH3 is 1. The van der Waals surface area contributed by atoms with Crippen molar-refractivity contribution in [3.05, 3.63) is 27.2 Å². The molecule has 0 radical (unpaired) electrons. The molecule has 1 atom stereocenters. The number of hydrogen-bond acceptors (Lipinski definition) is 4. The van der Waals surface area contributed by atoms with Gasteiger partial charge in [0.25, 0.3) is 0 Å². The van der Waals surface area contributed by atoms with Crippen molar-refractivity contribution in [1.29, 1.82) is 0 Å². The zero-order valence-corrected chi connectivity index (χ0v) is 12.4. The van der Waals surface area contributed by atoms with E-state index in [1.165, 1.54) is 26.2 Å². The molecular formula is C10H8Cl4N2O2. The molecule has 0 aromatic heterocycles. The maximum absolute atomic E-state index is 11.3. The Morgan fingerprint density at radius 3 is 2.22 bits per heavy atom. The number of halogens is 4. The highest BCUT2D eigenvalue weighted by Gasteiger charge is 2.32. The summed E-state index contributed by atoms with van der Waals surface area (Å²) < 4.78 is 4.47. The van der Waals surface area contributed by atoms with Crippen LogP contribution in [0.5, 0.6) is 0 Å². The summed E-state index contributed by atoms with van der Waals surface area (Å²) in [7, 11) is 1.20. The first-order valence-electron chi connectivity index (χ1n) is 4.62. The molecule has 0 saturated carbocycles. The van der Waals surface area contributed by atoms with E-state index in [4.69, 9.17) is 46.4 Å². The fraction of sp³-hybridized carbons (Fsp3) is 0.300. The van der Waals surface area contributed by atoms with Gasteiger partial charge in [0, 0.05) is 5.02 Å². The third-order valence-corrected chi connectivity index (χ3v) is 2.90. The van der Waals surface area contributed by atoms with Crippen molar-refractivity contribution in [2.75, 3.05) is 7.11 Å². The van der Waals surface area contributed by atoms with Crippen LogP contribution in [0.4, 0.5) is 5.69 Å². The number of esters is 1. The zero-order chi connectivity index (χ0) is 13.9. The molecular weight excluding hydrogens is 322 g/mol. The number of carbonyl (C=O) groups is 1. The van der Waals surface area contributed by atoms with Crippen LogP contribution < -0.4 is 0 Å². The summed E-state index contributed by atoms with van der Waals surface area (Å²) in [5.41, 5.74) is 0.179. The van der Waals surface area contributed by atoms with Crippen LogP contribution in [0.15, 0.2) is 22.4 Å². The van der Waals surface area contributed by atoms with E-state index in [1.54, 1.807) is 0 Å². The monoisotopic (exact) mass is 328 g/mol. The molecule has 4 nitrogen and oxygen atoms in total. The number of azo groups is 1. The SMILES string of the molecule is COC(=O)C(C)(Cl)/N=N/c1c(Cl)cc(Cl)cc1Cl. The Kier molecular flexibility index (Phi) is 5.22. The van der Waals surface area contributed by atoms with E-state index in [0.717, 1.165) is 0 Å². The van der Waals surface area contributed by atoms with E-state index in [1.807, 2.05) is 0 Å². The van der Waals surface area contributed by atoms with Crippen LogP contribution >= 0.6 is 46.4 Å². The third kappa shape index (κ3) is 3.72. The van der Waals surface area contributed by atoms with Gasteiger partial charge in [-0.05, 0) is 19.1 Å². The number of rotatable bonds is 3. The number of carbonyl (C=O) groups excluding carboxylic acids is 1. The highest BCUT2D eigenvalue weighted by Crippen LogP contribution is 2.37. The second kappa shape index (κ2) is 6.06. The summed E-state index contributed by atoms with van der Waals surface area (Å²) in [6.45, 7) is 1.33. The van der Waals surface area contributed by atoms with Gasteiger partial charge in [0.05, 0.1) is 17.2 Å². The predicted octanol–water partition coefficient (Wildman–Crippen LogP) is 4.86. The van der Waals surface area contributed by atoms with Crippen molar-refractivity contribution < 1.29 is 9.53 Å². The molecule has 0 N–H and O–H groups in total. The predicted molar refractivity (Wildman–Crippen MR) is 72.3 cm³/mol. The molecule has 0 aliphatic heterocycles. The van der Waals surface area contributed by atoms with E-state index in [2.05, 4.69) is 15.0 Å². The first-order chi connectivity index (χ1) is 8.27. The highest BCUT2D eigenvalue weighted by molar-refractivity contribution is 6.41. The average Bonchev–Trinajstić information content (AvgIpc) is 2.26. The van der Waals surface area contributed by atoms with Crippen molar-refractivity contribution in [3.63, 3.8) is 0 Å². The number of ether oxygens (including phenoxy) is 1. The molecule has 0 amide bonds. The molecule has 8 heteroatoms. The normalized spacial score (nSPS) is 14.6. The second-order valence-electron chi connectivity index (χ2n) is 3.36. The molecule has 98 valence electrons. The van der Waals surface area contributed by atoms with Crippen LogP contribution in [0.25, 0.3) is 0 Å². The van der Waals surface area contributed by atoms with E-state index in [0.29, 0.717) is 5.02 Å². The van der Waals surface area contributed by atoms with Crippen LogP contribution in [0.2, 0.25) is 15.1 Å². The van der Waals surface area contributed by atoms with Gasteiger partial charge in [0.15, 0.2) is 0 Å². The molecule has 1 unspecified atom stereocenters. The molecule has 18 heavy (non-hydrogen) atoms. The van der Waals surface area contributed by atoms with E-state index in [-0.39, 0.29) is 15.7 Å². The van der Waals surface area contributed by atoms with E-state index >= 15 is 0 Å². The summed E-state index contributed by atoms with van der Waals surface area (Å²) in [6.07, 6.45) is 0. The van der Waals surface area contributed by atoms with Crippen LogP contribution in [0, 0.1) is 0 Å². The molecule has 0 aliphatic rings. The van der Waals surface area contributed by atoms with E-state index < -0.39 is 11.0 Å². The second-order valence-corrected chi connectivity index (χ2v) is 5.35. The Morgan fingerprint density at radius 2 is 1.78 bits per heavy atom. The van der Waals surface area contributed by atoms with Crippen molar-refractivity contribution in [3.8, 4) is 0 Å². The summed E-state index contributed by atoms with van der Waals surface area (Å²) in [5.74, 6) is -0.742. The summed E-state index contributed by atoms with van der Waals surface area (Å²) in [4.78, 5) is 9.65. The highest BCUT2D eigenvalue weighted by atomic mass is 35.5. The molecule has 1 aromatic carbocycles. The summed E-state index contributed by atoms with van der Waals surface area (Å²) in [6, 6.07) is 2.90. The number of nitrogens with zero attached hydrogens (tertiary/aromatic N) is 2. The van der Waals surface area contributed by atoms with Gasteiger partial charge in [0.2, 0.25) is 5.00 Å². The largest absolute Gasteiger partial charge is 0.466 e. The lowest BCUT2D eigenvalue weighted by molar-refractivity contribution is -0.143. The van der Waals surface area contributed by atoms with Gasteiger partial charge < -0.3 is 4.74 Å². The lowest BCUT2D eigenvalue weighted by Crippen LogP contribution is -2.27. The van der Waals surface area contributed by atoms with Crippen molar-refractivity contribution in [2.45, 2.75) is 11.9 Å². The van der Waals surface area contributed by atoms with Gasteiger partial charge >= 0.3 is 5.97 Å². The van der Waals surface area contributed by atoms with Crippen LogP contribution in [0.1, 0.15) is 6.92 Å². The maximum atomic E-state index is 11.3. The van der Waals surface area contributed by atoms with Gasteiger partial charge in [-0.2, -0.15) is 10.2 Å². The molecule has 0 spiro atoms.